The Hall–Kier alpha value is -0.420. The van der Waals surface area contributed by atoms with Crippen LogP contribution in [0.15, 0.2) is 11.6 Å². The Balaban J connectivity index is 1.69. The molecule has 0 aliphatic carbocycles. The van der Waals surface area contributed by atoms with Crippen molar-refractivity contribution in [1.82, 2.24) is 16.0 Å². The van der Waals surface area contributed by atoms with Crippen LogP contribution >= 0.6 is 0 Å². The minimum absolute atomic E-state index is 0.261. The van der Waals surface area contributed by atoms with Gasteiger partial charge in [-0.15, -0.1) is 0 Å². The summed E-state index contributed by atoms with van der Waals surface area (Å²) in [5.41, 5.74) is 1.60. The van der Waals surface area contributed by atoms with Crippen molar-refractivity contribution in [2.75, 3.05) is 26.2 Å². The maximum atomic E-state index is 9.25. The summed E-state index contributed by atoms with van der Waals surface area (Å²) < 4.78 is 0. The average molecular weight is 251 g/mol. The first-order valence-electron chi connectivity index (χ1n) is 7.29. The summed E-state index contributed by atoms with van der Waals surface area (Å²) >= 11 is 0. The van der Waals surface area contributed by atoms with Crippen molar-refractivity contribution in [2.24, 2.45) is 17.8 Å². The SMILES string of the molecule is C[C@@H]1C=C(C2CNC3NC(CO)CCC32)CNC1. The third-order valence-electron chi connectivity index (χ3n) is 4.76. The van der Waals surface area contributed by atoms with Crippen molar-refractivity contribution >= 4 is 0 Å². The van der Waals surface area contributed by atoms with Crippen LogP contribution in [0.5, 0.6) is 0 Å². The molecule has 0 aromatic rings. The van der Waals surface area contributed by atoms with Crippen molar-refractivity contribution in [1.29, 1.82) is 0 Å². The van der Waals surface area contributed by atoms with E-state index in [0.717, 1.165) is 26.1 Å². The third kappa shape index (κ3) is 2.35. The predicted octanol–water partition coefficient (Wildman–Crippen LogP) is 0.0581. The molecule has 3 rings (SSSR count). The lowest BCUT2D eigenvalue weighted by atomic mass is 9.79. The number of fused-ring (bicyclic) bond motifs is 1. The molecule has 0 saturated carbocycles. The lowest BCUT2D eigenvalue weighted by Gasteiger charge is -2.36. The standard InChI is InChI=1S/C14H25N3O/c1-9-4-10(6-15-5-9)13-7-16-14-12(13)3-2-11(8-18)17-14/h4,9,11-18H,2-3,5-8H2,1H3/t9-,11?,12?,13?,14?/m1/s1. The second-order valence-electron chi connectivity index (χ2n) is 6.13. The lowest BCUT2D eigenvalue weighted by Crippen LogP contribution is -2.52. The highest BCUT2D eigenvalue weighted by molar-refractivity contribution is 5.18. The number of piperidine rings is 1. The molecule has 4 heteroatoms. The molecule has 0 radical (unpaired) electrons. The molecule has 5 atom stereocenters. The van der Waals surface area contributed by atoms with Gasteiger partial charge in [-0.3, -0.25) is 5.32 Å². The molecule has 4 nitrogen and oxygen atoms in total. The van der Waals surface area contributed by atoms with Crippen LogP contribution in [-0.4, -0.2) is 43.6 Å². The first-order chi connectivity index (χ1) is 8.78. The molecule has 2 fully saturated rings. The summed E-state index contributed by atoms with van der Waals surface area (Å²) in [6.07, 6.45) is 5.21. The Bertz CT molecular complexity index is 331. The van der Waals surface area contributed by atoms with E-state index >= 15 is 0 Å². The second kappa shape index (κ2) is 5.29. The fourth-order valence-corrected chi connectivity index (χ4v) is 3.80. The minimum atomic E-state index is 0.261. The Morgan fingerprint density at radius 2 is 2.22 bits per heavy atom. The normalized spacial score (nSPS) is 44.6. The lowest BCUT2D eigenvalue weighted by molar-refractivity contribution is 0.159. The summed E-state index contributed by atoms with van der Waals surface area (Å²) in [5.74, 6) is 2.04. The van der Waals surface area contributed by atoms with Crippen LogP contribution in [0, 0.1) is 17.8 Å². The highest BCUT2D eigenvalue weighted by Gasteiger charge is 2.41. The largest absolute Gasteiger partial charge is 0.395 e. The van der Waals surface area contributed by atoms with Crippen molar-refractivity contribution < 1.29 is 5.11 Å². The molecule has 0 aromatic carbocycles. The number of aliphatic hydroxyl groups excluding tert-OH is 1. The summed E-state index contributed by atoms with van der Waals surface area (Å²) in [6.45, 7) is 5.80. The zero-order chi connectivity index (χ0) is 12.5. The van der Waals surface area contributed by atoms with E-state index in [2.05, 4.69) is 29.0 Å². The van der Waals surface area contributed by atoms with Gasteiger partial charge < -0.3 is 15.7 Å². The highest BCUT2D eigenvalue weighted by atomic mass is 16.3. The zero-order valence-corrected chi connectivity index (χ0v) is 11.2. The fourth-order valence-electron chi connectivity index (χ4n) is 3.80. The van der Waals surface area contributed by atoms with Crippen LogP contribution in [0.25, 0.3) is 0 Å². The van der Waals surface area contributed by atoms with E-state index in [1.54, 1.807) is 5.57 Å². The number of rotatable bonds is 2. The number of hydrogen-bond donors (Lipinski definition) is 4. The molecule has 2 saturated heterocycles. The van der Waals surface area contributed by atoms with Crippen LogP contribution in [0.2, 0.25) is 0 Å². The summed E-state index contributed by atoms with van der Waals surface area (Å²) in [7, 11) is 0. The van der Waals surface area contributed by atoms with E-state index in [1.165, 1.54) is 6.42 Å². The number of aliphatic hydroxyl groups is 1. The van der Waals surface area contributed by atoms with Crippen molar-refractivity contribution in [2.45, 2.75) is 32.0 Å². The molecule has 3 aliphatic rings. The second-order valence-corrected chi connectivity index (χ2v) is 6.13. The topological polar surface area (TPSA) is 56.3 Å². The Labute approximate surface area is 109 Å². The number of nitrogens with one attached hydrogen (secondary N) is 3. The quantitative estimate of drug-likeness (QED) is 0.524. The van der Waals surface area contributed by atoms with Gasteiger partial charge in [0.15, 0.2) is 0 Å². The molecule has 3 heterocycles. The molecule has 102 valence electrons. The van der Waals surface area contributed by atoms with Crippen LogP contribution in [0.3, 0.4) is 0 Å². The monoisotopic (exact) mass is 251 g/mol. The van der Waals surface area contributed by atoms with Gasteiger partial charge in [0.25, 0.3) is 0 Å². The van der Waals surface area contributed by atoms with E-state index in [9.17, 15) is 5.11 Å². The first kappa shape index (κ1) is 12.6. The van der Waals surface area contributed by atoms with Gasteiger partial charge in [0.05, 0.1) is 12.8 Å². The van der Waals surface area contributed by atoms with Crippen LogP contribution in [0.1, 0.15) is 19.8 Å². The van der Waals surface area contributed by atoms with Crippen LogP contribution in [0.4, 0.5) is 0 Å². The third-order valence-corrected chi connectivity index (χ3v) is 4.76. The summed E-state index contributed by atoms with van der Waals surface area (Å²) in [6, 6.07) is 0.287. The fraction of sp³-hybridized carbons (Fsp3) is 0.857. The molecular formula is C14H25N3O. The smallest absolute Gasteiger partial charge is 0.0610 e. The Morgan fingerprint density at radius 1 is 1.33 bits per heavy atom. The van der Waals surface area contributed by atoms with Gasteiger partial charge in [-0.1, -0.05) is 18.6 Å². The van der Waals surface area contributed by atoms with E-state index in [0.29, 0.717) is 23.9 Å². The molecule has 4 N–H and O–H groups in total. The predicted molar refractivity (Wildman–Crippen MR) is 72.1 cm³/mol. The molecule has 0 amide bonds. The number of hydrogen-bond acceptors (Lipinski definition) is 4. The molecule has 18 heavy (non-hydrogen) atoms. The van der Waals surface area contributed by atoms with E-state index in [4.69, 9.17) is 0 Å². The van der Waals surface area contributed by atoms with Crippen molar-refractivity contribution in [3.63, 3.8) is 0 Å². The van der Waals surface area contributed by atoms with Gasteiger partial charge in [0, 0.05) is 25.7 Å². The summed E-state index contributed by atoms with van der Waals surface area (Å²) in [5, 5.41) is 19.9. The molecule has 0 spiro atoms. The van der Waals surface area contributed by atoms with Gasteiger partial charge in [-0.05, 0) is 30.6 Å². The Morgan fingerprint density at radius 3 is 3.00 bits per heavy atom. The van der Waals surface area contributed by atoms with Gasteiger partial charge in [-0.2, -0.15) is 0 Å². The maximum Gasteiger partial charge on any atom is 0.0610 e. The molecule has 0 aromatic heterocycles. The Kier molecular flexibility index (Phi) is 3.71. The van der Waals surface area contributed by atoms with E-state index in [-0.39, 0.29) is 12.6 Å². The van der Waals surface area contributed by atoms with Crippen LogP contribution < -0.4 is 16.0 Å². The summed E-state index contributed by atoms with van der Waals surface area (Å²) in [4.78, 5) is 0. The average Bonchev–Trinajstić information content (AvgIpc) is 2.81. The van der Waals surface area contributed by atoms with Crippen molar-refractivity contribution in [3.05, 3.63) is 11.6 Å². The first-order valence-corrected chi connectivity index (χ1v) is 7.29. The van der Waals surface area contributed by atoms with Gasteiger partial charge >= 0.3 is 0 Å². The van der Waals surface area contributed by atoms with E-state index < -0.39 is 0 Å². The van der Waals surface area contributed by atoms with Crippen molar-refractivity contribution in [3.8, 4) is 0 Å². The molecule has 4 unspecified atom stereocenters. The maximum absolute atomic E-state index is 9.25. The van der Waals surface area contributed by atoms with E-state index in [1.807, 2.05) is 0 Å². The molecular weight excluding hydrogens is 226 g/mol. The highest BCUT2D eigenvalue weighted by Crippen LogP contribution is 2.35. The minimum Gasteiger partial charge on any atom is -0.395 e. The zero-order valence-electron chi connectivity index (χ0n) is 11.2. The van der Waals surface area contributed by atoms with Crippen LogP contribution in [-0.2, 0) is 0 Å². The van der Waals surface area contributed by atoms with Gasteiger partial charge in [0.1, 0.15) is 0 Å². The van der Waals surface area contributed by atoms with Gasteiger partial charge in [-0.25, -0.2) is 0 Å². The molecule has 3 aliphatic heterocycles. The van der Waals surface area contributed by atoms with Gasteiger partial charge in [0.2, 0.25) is 0 Å². The molecule has 0 bridgehead atoms.